The maximum absolute atomic E-state index is 5.62. The Kier molecular flexibility index (Phi) is 5.98. The molecule has 0 aliphatic rings. The second kappa shape index (κ2) is 7.04. The van der Waals surface area contributed by atoms with Gasteiger partial charge in [0, 0.05) is 13.2 Å². The van der Waals surface area contributed by atoms with Gasteiger partial charge in [0.25, 0.3) is 0 Å². The van der Waals surface area contributed by atoms with E-state index in [0.717, 1.165) is 12.8 Å². The fourth-order valence-corrected chi connectivity index (χ4v) is 2.13. The largest absolute Gasteiger partial charge is 0.382 e. The lowest BCUT2D eigenvalue weighted by molar-refractivity contribution is 0.100. The summed E-state index contributed by atoms with van der Waals surface area (Å²) >= 11 is 0. The van der Waals surface area contributed by atoms with Gasteiger partial charge >= 0.3 is 0 Å². The molecule has 1 aromatic carbocycles. The van der Waals surface area contributed by atoms with Crippen molar-refractivity contribution in [2.24, 2.45) is 5.84 Å². The third kappa shape index (κ3) is 5.31. The zero-order valence-corrected chi connectivity index (χ0v) is 12.9. The van der Waals surface area contributed by atoms with E-state index in [1.54, 1.807) is 7.11 Å². The monoisotopic (exact) mass is 264 g/mol. The summed E-state index contributed by atoms with van der Waals surface area (Å²) in [6.45, 7) is 8.75. The van der Waals surface area contributed by atoms with Crippen LogP contribution in [-0.4, -0.2) is 19.3 Å². The smallest absolute Gasteiger partial charge is 0.0558 e. The molecule has 0 saturated carbocycles. The molecule has 0 aliphatic carbocycles. The van der Waals surface area contributed by atoms with Gasteiger partial charge < -0.3 is 4.74 Å². The van der Waals surface area contributed by atoms with E-state index < -0.39 is 0 Å². The SMILES string of the molecule is COC(C)CC(Cc1ccc(C(C)(C)C)cc1)NN. The van der Waals surface area contributed by atoms with Gasteiger partial charge in [-0.05, 0) is 36.3 Å². The number of hydrazine groups is 1. The van der Waals surface area contributed by atoms with Crippen LogP contribution in [-0.2, 0) is 16.6 Å². The summed E-state index contributed by atoms with van der Waals surface area (Å²) in [6, 6.07) is 9.06. The van der Waals surface area contributed by atoms with Gasteiger partial charge in [0.2, 0.25) is 0 Å². The van der Waals surface area contributed by atoms with Gasteiger partial charge in [-0.2, -0.15) is 0 Å². The second-order valence-electron chi connectivity index (χ2n) is 6.30. The Balaban J connectivity index is 2.65. The van der Waals surface area contributed by atoms with E-state index in [0.29, 0.717) is 0 Å². The van der Waals surface area contributed by atoms with Crippen LogP contribution < -0.4 is 11.3 Å². The molecule has 0 fully saturated rings. The molecule has 0 heterocycles. The molecular formula is C16H28N2O. The van der Waals surface area contributed by atoms with E-state index in [9.17, 15) is 0 Å². The number of methoxy groups -OCH3 is 1. The van der Waals surface area contributed by atoms with E-state index in [2.05, 4.69) is 57.4 Å². The molecule has 0 bridgehead atoms. The number of benzene rings is 1. The van der Waals surface area contributed by atoms with E-state index in [-0.39, 0.29) is 17.6 Å². The van der Waals surface area contributed by atoms with Crippen molar-refractivity contribution < 1.29 is 4.74 Å². The van der Waals surface area contributed by atoms with Crippen LogP contribution >= 0.6 is 0 Å². The predicted octanol–water partition coefficient (Wildman–Crippen LogP) is 2.78. The molecule has 19 heavy (non-hydrogen) atoms. The van der Waals surface area contributed by atoms with Crippen LogP contribution in [0.15, 0.2) is 24.3 Å². The molecule has 0 spiro atoms. The molecule has 0 saturated heterocycles. The third-order valence-electron chi connectivity index (χ3n) is 3.56. The molecule has 3 heteroatoms. The van der Waals surface area contributed by atoms with Crippen LogP contribution in [0.4, 0.5) is 0 Å². The van der Waals surface area contributed by atoms with Gasteiger partial charge in [-0.3, -0.25) is 11.3 Å². The van der Waals surface area contributed by atoms with Gasteiger partial charge in [-0.25, -0.2) is 0 Å². The van der Waals surface area contributed by atoms with Crippen molar-refractivity contribution in [1.82, 2.24) is 5.43 Å². The summed E-state index contributed by atoms with van der Waals surface area (Å²) in [6.07, 6.45) is 2.05. The predicted molar refractivity (Wildman–Crippen MR) is 81.0 cm³/mol. The first-order valence-electron chi connectivity index (χ1n) is 6.95. The minimum atomic E-state index is 0.203. The molecule has 1 aromatic rings. The van der Waals surface area contributed by atoms with Crippen molar-refractivity contribution in [3.63, 3.8) is 0 Å². The van der Waals surface area contributed by atoms with Gasteiger partial charge in [0.15, 0.2) is 0 Å². The molecule has 1 rings (SSSR count). The van der Waals surface area contributed by atoms with Crippen LogP contribution in [0.3, 0.4) is 0 Å². The van der Waals surface area contributed by atoms with Crippen molar-refractivity contribution >= 4 is 0 Å². The number of nitrogens with one attached hydrogen (secondary N) is 1. The highest BCUT2D eigenvalue weighted by molar-refractivity contribution is 5.28. The van der Waals surface area contributed by atoms with E-state index in [4.69, 9.17) is 10.6 Å². The van der Waals surface area contributed by atoms with Crippen molar-refractivity contribution in [2.45, 2.75) is 58.1 Å². The lowest BCUT2D eigenvalue weighted by Gasteiger charge is -2.21. The highest BCUT2D eigenvalue weighted by Gasteiger charge is 2.15. The lowest BCUT2D eigenvalue weighted by atomic mass is 9.86. The average Bonchev–Trinajstić information content (AvgIpc) is 2.37. The fourth-order valence-electron chi connectivity index (χ4n) is 2.13. The average molecular weight is 264 g/mol. The molecule has 3 N–H and O–H groups in total. The summed E-state index contributed by atoms with van der Waals surface area (Å²) < 4.78 is 5.29. The number of hydrogen-bond acceptors (Lipinski definition) is 3. The number of ether oxygens (including phenoxy) is 1. The molecular weight excluding hydrogens is 236 g/mol. The Hall–Kier alpha value is -0.900. The van der Waals surface area contributed by atoms with Crippen LogP contribution in [0.2, 0.25) is 0 Å². The lowest BCUT2D eigenvalue weighted by Crippen LogP contribution is -2.39. The Bertz CT molecular complexity index is 367. The molecule has 0 radical (unpaired) electrons. The molecule has 0 aliphatic heterocycles. The van der Waals surface area contributed by atoms with Gasteiger partial charge in [-0.15, -0.1) is 0 Å². The third-order valence-corrected chi connectivity index (χ3v) is 3.56. The van der Waals surface area contributed by atoms with Crippen LogP contribution in [0.25, 0.3) is 0 Å². The minimum Gasteiger partial charge on any atom is -0.382 e. The normalized spacial score (nSPS) is 15.3. The second-order valence-corrected chi connectivity index (χ2v) is 6.30. The topological polar surface area (TPSA) is 47.3 Å². The Labute approximate surface area is 117 Å². The van der Waals surface area contributed by atoms with Crippen molar-refractivity contribution in [2.75, 3.05) is 7.11 Å². The zero-order chi connectivity index (χ0) is 14.5. The number of rotatable bonds is 6. The standard InChI is InChI=1S/C16H28N2O/c1-12(19-5)10-15(18-17)11-13-6-8-14(9-7-13)16(2,3)4/h6-9,12,15,18H,10-11,17H2,1-5H3. The van der Waals surface area contributed by atoms with Gasteiger partial charge in [0.05, 0.1) is 6.10 Å². The summed E-state index contributed by atoms with van der Waals surface area (Å²) in [7, 11) is 1.73. The quantitative estimate of drug-likeness (QED) is 0.613. The van der Waals surface area contributed by atoms with E-state index in [1.165, 1.54) is 11.1 Å². The molecule has 108 valence electrons. The highest BCUT2D eigenvalue weighted by Crippen LogP contribution is 2.22. The number of hydrogen-bond donors (Lipinski definition) is 2. The summed E-state index contributed by atoms with van der Waals surface area (Å²) in [5.74, 6) is 5.62. The van der Waals surface area contributed by atoms with Crippen molar-refractivity contribution in [3.05, 3.63) is 35.4 Å². The molecule has 3 nitrogen and oxygen atoms in total. The van der Waals surface area contributed by atoms with Crippen molar-refractivity contribution in [3.8, 4) is 0 Å². The summed E-state index contributed by atoms with van der Waals surface area (Å²) in [5, 5.41) is 0. The maximum Gasteiger partial charge on any atom is 0.0558 e. The Morgan fingerprint density at radius 2 is 1.79 bits per heavy atom. The van der Waals surface area contributed by atoms with Gasteiger partial charge in [-0.1, -0.05) is 45.0 Å². The van der Waals surface area contributed by atoms with Crippen molar-refractivity contribution in [1.29, 1.82) is 0 Å². The Morgan fingerprint density at radius 3 is 2.21 bits per heavy atom. The van der Waals surface area contributed by atoms with Crippen LogP contribution in [0.1, 0.15) is 45.2 Å². The zero-order valence-electron chi connectivity index (χ0n) is 12.9. The highest BCUT2D eigenvalue weighted by atomic mass is 16.5. The molecule has 2 unspecified atom stereocenters. The summed E-state index contributed by atoms with van der Waals surface area (Å²) in [4.78, 5) is 0. The minimum absolute atomic E-state index is 0.203. The maximum atomic E-state index is 5.62. The fraction of sp³-hybridized carbons (Fsp3) is 0.625. The first-order valence-corrected chi connectivity index (χ1v) is 6.95. The molecule has 2 atom stereocenters. The molecule has 0 amide bonds. The first kappa shape index (κ1) is 16.2. The van der Waals surface area contributed by atoms with Gasteiger partial charge in [0.1, 0.15) is 0 Å². The molecule has 0 aromatic heterocycles. The van der Waals surface area contributed by atoms with Crippen LogP contribution in [0.5, 0.6) is 0 Å². The van der Waals surface area contributed by atoms with E-state index in [1.807, 2.05) is 0 Å². The van der Waals surface area contributed by atoms with Crippen LogP contribution in [0, 0.1) is 0 Å². The Morgan fingerprint density at radius 1 is 1.21 bits per heavy atom. The van der Waals surface area contributed by atoms with E-state index >= 15 is 0 Å². The number of nitrogens with two attached hydrogens (primary N) is 1. The summed E-state index contributed by atoms with van der Waals surface area (Å²) in [5.41, 5.74) is 5.75. The first-order chi connectivity index (χ1) is 8.86.